The fourth-order valence-electron chi connectivity index (χ4n) is 4.33. The van der Waals surface area contributed by atoms with Crippen molar-refractivity contribution in [2.75, 3.05) is 18.4 Å². The number of fused-ring (bicyclic) bond motifs is 1. The van der Waals surface area contributed by atoms with Crippen LogP contribution in [0.3, 0.4) is 0 Å². The average molecular weight is 394 g/mol. The number of pyridine rings is 1. The summed E-state index contributed by atoms with van der Waals surface area (Å²) in [7, 11) is 0. The molecular formula is C22H26N4O3. The first kappa shape index (κ1) is 19.2. The van der Waals surface area contributed by atoms with Gasteiger partial charge in [0.1, 0.15) is 11.6 Å². The summed E-state index contributed by atoms with van der Waals surface area (Å²) in [5.74, 6) is 0.324. The second kappa shape index (κ2) is 7.06. The molecule has 0 bridgehead atoms. The maximum Gasteiger partial charge on any atom is 0.257 e. The molecule has 0 radical (unpaired) electrons. The summed E-state index contributed by atoms with van der Waals surface area (Å²) in [6.45, 7) is 8.84. The number of hydrogen-bond donors (Lipinski definition) is 3. The van der Waals surface area contributed by atoms with Gasteiger partial charge in [0, 0.05) is 35.6 Å². The normalized spacial score (nSPS) is 17.6. The van der Waals surface area contributed by atoms with Crippen LogP contribution >= 0.6 is 0 Å². The van der Waals surface area contributed by atoms with Gasteiger partial charge in [-0.2, -0.15) is 0 Å². The number of aromatic nitrogens is 2. The minimum Gasteiger partial charge on any atom is -0.506 e. The lowest BCUT2D eigenvalue weighted by atomic mass is 10.00. The van der Waals surface area contributed by atoms with Gasteiger partial charge in [0.15, 0.2) is 0 Å². The Hall–Kier alpha value is -3.09. The first-order valence-corrected chi connectivity index (χ1v) is 10.0. The number of amides is 2. The van der Waals surface area contributed by atoms with Crippen LogP contribution < -0.4 is 5.32 Å². The van der Waals surface area contributed by atoms with E-state index >= 15 is 0 Å². The Morgan fingerprint density at radius 1 is 1.10 bits per heavy atom. The van der Waals surface area contributed by atoms with E-state index in [0.717, 1.165) is 42.9 Å². The lowest BCUT2D eigenvalue weighted by Crippen LogP contribution is -2.36. The van der Waals surface area contributed by atoms with Gasteiger partial charge in [0.05, 0.1) is 16.8 Å². The van der Waals surface area contributed by atoms with E-state index in [0.29, 0.717) is 33.8 Å². The standard InChI is InChI=1S/C22H26N4O3/c1-11-16(23-13(3)17(11)22(29)26-8-6-5-7-9-26)10-15-18-12(2)19(27)14(4)24-20(18)25-21(15)28/h10,23,27H,5-9H2,1-4H3,(H,24,25,28). The van der Waals surface area contributed by atoms with Gasteiger partial charge in [-0.3, -0.25) is 9.59 Å². The minimum atomic E-state index is -0.267. The van der Waals surface area contributed by atoms with Crippen LogP contribution in [-0.2, 0) is 4.79 Å². The fraction of sp³-hybridized carbons (Fsp3) is 0.409. The van der Waals surface area contributed by atoms with Crippen molar-refractivity contribution in [1.29, 1.82) is 0 Å². The molecule has 0 atom stereocenters. The fourth-order valence-corrected chi connectivity index (χ4v) is 4.33. The van der Waals surface area contributed by atoms with Crippen molar-refractivity contribution in [1.82, 2.24) is 14.9 Å². The molecule has 4 rings (SSSR count). The number of piperidine rings is 1. The van der Waals surface area contributed by atoms with Gasteiger partial charge in [-0.1, -0.05) is 0 Å². The molecule has 0 aliphatic carbocycles. The van der Waals surface area contributed by atoms with Crippen molar-refractivity contribution in [3.05, 3.63) is 39.3 Å². The van der Waals surface area contributed by atoms with Gasteiger partial charge in [0.25, 0.3) is 11.8 Å². The predicted octanol–water partition coefficient (Wildman–Crippen LogP) is 3.47. The number of aromatic hydroxyl groups is 1. The lowest BCUT2D eigenvalue weighted by molar-refractivity contribution is -0.110. The van der Waals surface area contributed by atoms with Crippen molar-refractivity contribution in [3.63, 3.8) is 0 Å². The number of anilines is 1. The zero-order chi connectivity index (χ0) is 20.9. The van der Waals surface area contributed by atoms with E-state index in [-0.39, 0.29) is 17.6 Å². The first-order valence-electron chi connectivity index (χ1n) is 10.0. The largest absolute Gasteiger partial charge is 0.506 e. The van der Waals surface area contributed by atoms with Crippen LogP contribution in [0.15, 0.2) is 0 Å². The minimum absolute atomic E-state index is 0.0444. The summed E-state index contributed by atoms with van der Waals surface area (Å²) in [4.78, 5) is 35.1. The molecule has 2 aromatic heterocycles. The Kier molecular flexibility index (Phi) is 4.68. The Labute approximate surface area is 169 Å². The Morgan fingerprint density at radius 3 is 2.48 bits per heavy atom. The number of aromatic amines is 1. The molecule has 7 heteroatoms. The Balaban J connectivity index is 1.77. The number of H-pyrrole nitrogens is 1. The van der Waals surface area contributed by atoms with Gasteiger partial charge in [-0.25, -0.2) is 4.98 Å². The van der Waals surface area contributed by atoms with E-state index in [4.69, 9.17) is 0 Å². The molecule has 0 saturated carbocycles. The number of likely N-dealkylation sites (tertiary alicyclic amines) is 1. The maximum atomic E-state index is 13.1. The quantitative estimate of drug-likeness (QED) is 0.679. The Bertz CT molecular complexity index is 1060. The van der Waals surface area contributed by atoms with Gasteiger partial charge in [-0.15, -0.1) is 0 Å². The van der Waals surface area contributed by atoms with Crippen molar-refractivity contribution in [3.8, 4) is 5.75 Å². The highest BCUT2D eigenvalue weighted by Crippen LogP contribution is 2.39. The third-order valence-corrected chi connectivity index (χ3v) is 5.96. The number of hydrogen-bond acceptors (Lipinski definition) is 4. The number of aryl methyl sites for hydroxylation is 2. The number of carbonyl (C=O) groups excluding carboxylic acids is 2. The van der Waals surface area contributed by atoms with E-state index in [9.17, 15) is 14.7 Å². The molecule has 29 heavy (non-hydrogen) atoms. The van der Waals surface area contributed by atoms with Gasteiger partial charge >= 0.3 is 0 Å². The van der Waals surface area contributed by atoms with E-state index < -0.39 is 0 Å². The van der Waals surface area contributed by atoms with E-state index in [1.807, 2.05) is 18.7 Å². The van der Waals surface area contributed by atoms with Gasteiger partial charge in [0.2, 0.25) is 0 Å². The van der Waals surface area contributed by atoms with Crippen molar-refractivity contribution in [2.45, 2.75) is 47.0 Å². The average Bonchev–Trinajstić information content (AvgIpc) is 3.16. The molecule has 0 unspecified atom stereocenters. The molecule has 1 fully saturated rings. The van der Waals surface area contributed by atoms with E-state index in [2.05, 4.69) is 15.3 Å². The summed E-state index contributed by atoms with van der Waals surface area (Å²) in [6, 6.07) is 0. The molecule has 2 aliphatic rings. The molecule has 3 N–H and O–H groups in total. The van der Waals surface area contributed by atoms with Crippen LogP contribution in [0.4, 0.5) is 5.82 Å². The molecular weight excluding hydrogens is 368 g/mol. The van der Waals surface area contributed by atoms with Crippen molar-refractivity contribution in [2.24, 2.45) is 0 Å². The van der Waals surface area contributed by atoms with Crippen LogP contribution in [0.2, 0.25) is 0 Å². The van der Waals surface area contributed by atoms with Gasteiger partial charge in [-0.05, 0) is 58.6 Å². The van der Waals surface area contributed by atoms with Crippen molar-refractivity contribution >= 4 is 29.3 Å². The molecule has 1 saturated heterocycles. The molecule has 152 valence electrons. The van der Waals surface area contributed by atoms with Crippen LogP contribution in [0.1, 0.15) is 63.4 Å². The maximum absolute atomic E-state index is 13.1. The van der Waals surface area contributed by atoms with Crippen LogP contribution in [0.5, 0.6) is 5.75 Å². The van der Waals surface area contributed by atoms with Gasteiger partial charge < -0.3 is 20.3 Å². The summed E-state index contributed by atoms with van der Waals surface area (Å²) < 4.78 is 0. The Morgan fingerprint density at radius 2 is 1.79 bits per heavy atom. The smallest absolute Gasteiger partial charge is 0.257 e. The number of nitrogens with one attached hydrogen (secondary N) is 2. The number of nitrogens with zero attached hydrogens (tertiary/aromatic N) is 2. The molecule has 7 nitrogen and oxygen atoms in total. The second-order valence-corrected chi connectivity index (χ2v) is 7.92. The predicted molar refractivity (Wildman–Crippen MR) is 112 cm³/mol. The molecule has 4 heterocycles. The molecule has 2 amide bonds. The van der Waals surface area contributed by atoms with E-state index in [1.165, 1.54) is 6.42 Å². The number of carbonyl (C=O) groups is 2. The summed E-state index contributed by atoms with van der Waals surface area (Å²) >= 11 is 0. The summed E-state index contributed by atoms with van der Waals surface area (Å²) in [5.41, 5.74) is 5.15. The highest BCUT2D eigenvalue weighted by molar-refractivity contribution is 6.35. The van der Waals surface area contributed by atoms with Crippen LogP contribution in [-0.4, -0.2) is 44.9 Å². The summed E-state index contributed by atoms with van der Waals surface area (Å²) in [5, 5.41) is 13.0. The SMILES string of the molecule is Cc1nc2c(c(C)c1O)C(=Cc1[nH]c(C)c(C(=O)N3CCCCC3)c1C)C(=O)N2. The molecule has 0 spiro atoms. The topological polar surface area (TPSA) is 98.3 Å². The second-order valence-electron chi connectivity index (χ2n) is 7.92. The highest BCUT2D eigenvalue weighted by Gasteiger charge is 2.31. The monoisotopic (exact) mass is 394 g/mol. The first-order chi connectivity index (χ1) is 13.8. The van der Waals surface area contributed by atoms with E-state index in [1.54, 1.807) is 19.9 Å². The third-order valence-electron chi connectivity index (χ3n) is 5.96. The molecule has 2 aliphatic heterocycles. The molecule has 2 aromatic rings. The zero-order valence-corrected chi connectivity index (χ0v) is 17.3. The number of rotatable bonds is 2. The zero-order valence-electron chi connectivity index (χ0n) is 17.3. The third kappa shape index (κ3) is 3.10. The lowest BCUT2D eigenvalue weighted by Gasteiger charge is -2.27. The van der Waals surface area contributed by atoms with Crippen LogP contribution in [0, 0.1) is 27.7 Å². The van der Waals surface area contributed by atoms with Crippen LogP contribution in [0.25, 0.3) is 11.6 Å². The highest BCUT2D eigenvalue weighted by atomic mass is 16.3. The molecule has 0 aromatic carbocycles. The van der Waals surface area contributed by atoms with Crippen molar-refractivity contribution < 1.29 is 14.7 Å². The summed E-state index contributed by atoms with van der Waals surface area (Å²) in [6.07, 6.45) is 5.00.